The van der Waals surface area contributed by atoms with Gasteiger partial charge in [-0.15, -0.1) is 0 Å². The summed E-state index contributed by atoms with van der Waals surface area (Å²) in [6.45, 7) is 6.35. The molecule has 0 radical (unpaired) electrons. The fourth-order valence-corrected chi connectivity index (χ4v) is 2.63. The zero-order valence-electron chi connectivity index (χ0n) is 11.2. The summed E-state index contributed by atoms with van der Waals surface area (Å²) < 4.78 is 6.02. The molecule has 1 aliphatic carbocycles. The number of aromatic amines is 1. The number of hydrogen-bond acceptors (Lipinski definition) is 3. The third-order valence-electron chi connectivity index (χ3n) is 4.06. The number of H-pyrrole nitrogens is 1. The minimum atomic E-state index is 0.451. The average Bonchev–Trinajstić information content (AvgIpc) is 3.13. The second-order valence-corrected chi connectivity index (χ2v) is 5.80. The third kappa shape index (κ3) is 3.12. The Hall–Kier alpha value is -0.870. The number of likely N-dealkylation sites (tertiary alicyclic amines) is 1. The molecule has 1 saturated carbocycles. The molecule has 100 valence electrons. The van der Waals surface area contributed by atoms with E-state index in [2.05, 4.69) is 22.0 Å². The van der Waals surface area contributed by atoms with Crippen LogP contribution in [-0.2, 0) is 11.3 Å². The summed E-state index contributed by atoms with van der Waals surface area (Å²) >= 11 is 0. The molecule has 2 heterocycles. The molecule has 18 heavy (non-hydrogen) atoms. The van der Waals surface area contributed by atoms with Crippen LogP contribution in [-0.4, -0.2) is 40.9 Å². The molecule has 4 nitrogen and oxygen atoms in total. The first kappa shape index (κ1) is 12.2. The smallest absolute Gasteiger partial charge is 0.0702 e. The van der Waals surface area contributed by atoms with Crippen LogP contribution in [0.3, 0.4) is 0 Å². The Morgan fingerprint density at radius 1 is 1.44 bits per heavy atom. The molecule has 1 atom stereocenters. The predicted molar refractivity (Wildman–Crippen MR) is 70.3 cm³/mol. The van der Waals surface area contributed by atoms with Crippen LogP contribution in [0.5, 0.6) is 0 Å². The van der Waals surface area contributed by atoms with Crippen LogP contribution < -0.4 is 0 Å². The molecule has 0 amide bonds. The standard InChI is InChI=1S/C14H23N3O/c1-11-13(7-15-16-11)8-17-6-2-3-14(9-17)18-10-12-4-5-12/h7,12,14H,2-6,8-10H2,1H3,(H,15,16). The summed E-state index contributed by atoms with van der Waals surface area (Å²) in [5.41, 5.74) is 2.51. The summed E-state index contributed by atoms with van der Waals surface area (Å²) in [4.78, 5) is 2.50. The molecule has 1 aromatic heterocycles. The van der Waals surface area contributed by atoms with E-state index >= 15 is 0 Å². The zero-order valence-corrected chi connectivity index (χ0v) is 11.2. The minimum Gasteiger partial charge on any atom is -0.377 e. The van der Waals surface area contributed by atoms with Gasteiger partial charge < -0.3 is 4.74 Å². The van der Waals surface area contributed by atoms with E-state index in [9.17, 15) is 0 Å². The van der Waals surface area contributed by atoms with Gasteiger partial charge in [-0.05, 0) is 45.1 Å². The SMILES string of the molecule is Cc1[nH]ncc1CN1CCCC(OCC2CC2)C1. The summed E-state index contributed by atoms with van der Waals surface area (Å²) in [6, 6.07) is 0. The van der Waals surface area contributed by atoms with Gasteiger partial charge in [-0.25, -0.2) is 0 Å². The lowest BCUT2D eigenvalue weighted by Gasteiger charge is -2.32. The van der Waals surface area contributed by atoms with Crippen LogP contribution in [0.4, 0.5) is 0 Å². The average molecular weight is 249 g/mol. The number of piperidine rings is 1. The van der Waals surface area contributed by atoms with Gasteiger partial charge in [-0.1, -0.05) is 0 Å². The highest BCUT2D eigenvalue weighted by Gasteiger charge is 2.26. The van der Waals surface area contributed by atoms with E-state index in [0.717, 1.165) is 25.6 Å². The van der Waals surface area contributed by atoms with E-state index in [1.54, 1.807) is 0 Å². The van der Waals surface area contributed by atoms with Crippen molar-refractivity contribution in [1.29, 1.82) is 0 Å². The van der Waals surface area contributed by atoms with Gasteiger partial charge >= 0.3 is 0 Å². The molecule has 0 bridgehead atoms. The molecule has 1 aromatic rings. The van der Waals surface area contributed by atoms with Gasteiger partial charge in [0.15, 0.2) is 0 Å². The van der Waals surface area contributed by atoms with Gasteiger partial charge in [-0.2, -0.15) is 5.10 Å². The zero-order chi connectivity index (χ0) is 12.4. The second kappa shape index (κ2) is 5.41. The first-order valence-corrected chi connectivity index (χ1v) is 7.14. The van der Waals surface area contributed by atoms with E-state index in [0.29, 0.717) is 6.10 Å². The van der Waals surface area contributed by atoms with Crippen molar-refractivity contribution in [2.75, 3.05) is 19.7 Å². The van der Waals surface area contributed by atoms with Crippen molar-refractivity contribution in [3.8, 4) is 0 Å². The molecule has 0 spiro atoms. The Bertz CT molecular complexity index is 386. The Morgan fingerprint density at radius 2 is 2.33 bits per heavy atom. The summed E-state index contributed by atoms with van der Waals surface area (Å²) in [7, 11) is 0. The Labute approximate surface area is 109 Å². The summed E-state index contributed by atoms with van der Waals surface area (Å²) in [6.07, 6.45) is 7.64. The number of aromatic nitrogens is 2. The molecule has 3 rings (SSSR count). The molecule has 1 saturated heterocycles. The highest BCUT2D eigenvalue weighted by molar-refractivity contribution is 5.14. The first-order valence-electron chi connectivity index (χ1n) is 7.14. The van der Waals surface area contributed by atoms with Crippen LogP contribution in [0.1, 0.15) is 36.9 Å². The van der Waals surface area contributed by atoms with E-state index in [-0.39, 0.29) is 0 Å². The Morgan fingerprint density at radius 3 is 3.06 bits per heavy atom. The number of ether oxygens (including phenoxy) is 1. The summed E-state index contributed by atoms with van der Waals surface area (Å²) in [5, 5.41) is 7.10. The number of rotatable bonds is 5. The molecule has 0 aromatic carbocycles. The summed E-state index contributed by atoms with van der Waals surface area (Å²) in [5.74, 6) is 0.872. The predicted octanol–water partition coefficient (Wildman–Crippen LogP) is 2.11. The lowest BCUT2D eigenvalue weighted by atomic mass is 10.1. The molecule has 2 fully saturated rings. The van der Waals surface area contributed by atoms with Crippen LogP contribution in [0.15, 0.2) is 6.20 Å². The monoisotopic (exact) mass is 249 g/mol. The van der Waals surface area contributed by atoms with Crippen LogP contribution in [0.2, 0.25) is 0 Å². The van der Waals surface area contributed by atoms with Crippen LogP contribution in [0, 0.1) is 12.8 Å². The Balaban J connectivity index is 1.48. The first-order chi connectivity index (χ1) is 8.81. The topological polar surface area (TPSA) is 41.2 Å². The number of nitrogens with one attached hydrogen (secondary N) is 1. The van der Waals surface area contributed by atoms with Crippen molar-refractivity contribution in [1.82, 2.24) is 15.1 Å². The van der Waals surface area contributed by atoms with Crippen LogP contribution in [0.25, 0.3) is 0 Å². The van der Waals surface area contributed by atoms with Crippen molar-refractivity contribution < 1.29 is 4.74 Å². The number of hydrogen-bond donors (Lipinski definition) is 1. The van der Waals surface area contributed by atoms with E-state index in [1.165, 1.54) is 43.5 Å². The van der Waals surface area contributed by atoms with Gasteiger partial charge in [0.1, 0.15) is 0 Å². The molecule has 1 aliphatic heterocycles. The molecular weight excluding hydrogens is 226 g/mol. The highest BCUT2D eigenvalue weighted by Crippen LogP contribution is 2.30. The maximum absolute atomic E-state index is 6.02. The van der Waals surface area contributed by atoms with Gasteiger partial charge in [-0.3, -0.25) is 10.00 Å². The van der Waals surface area contributed by atoms with Crippen molar-refractivity contribution >= 4 is 0 Å². The lowest BCUT2D eigenvalue weighted by molar-refractivity contribution is -0.00728. The fraction of sp³-hybridized carbons (Fsp3) is 0.786. The highest BCUT2D eigenvalue weighted by atomic mass is 16.5. The van der Waals surface area contributed by atoms with Crippen molar-refractivity contribution in [2.24, 2.45) is 5.92 Å². The molecule has 4 heteroatoms. The quantitative estimate of drug-likeness (QED) is 0.869. The van der Waals surface area contributed by atoms with Crippen molar-refractivity contribution in [3.05, 3.63) is 17.5 Å². The largest absolute Gasteiger partial charge is 0.377 e. The molecule has 1 unspecified atom stereocenters. The molecule has 2 aliphatic rings. The second-order valence-electron chi connectivity index (χ2n) is 5.80. The lowest BCUT2D eigenvalue weighted by Crippen LogP contribution is -2.39. The van der Waals surface area contributed by atoms with Crippen LogP contribution >= 0.6 is 0 Å². The molecular formula is C14H23N3O. The van der Waals surface area contributed by atoms with Gasteiger partial charge in [0.2, 0.25) is 0 Å². The van der Waals surface area contributed by atoms with E-state index in [1.807, 2.05) is 6.20 Å². The van der Waals surface area contributed by atoms with E-state index in [4.69, 9.17) is 4.74 Å². The van der Waals surface area contributed by atoms with E-state index < -0.39 is 0 Å². The van der Waals surface area contributed by atoms with Gasteiger partial charge in [0.25, 0.3) is 0 Å². The third-order valence-corrected chi connectivity index (χ3v) is 4.06. The van der Waals surface area contributed by atoms with Crippen molar-refractivity contribution in [2.45, 2.75) is 45.3 Å². The maximum atomic E-state index is 6.02. The van der Waals surface area contributed by atoms with Crippen molar-refractivity contribution in [3.63, 3.8) is 0 Å². The maximum Gasteiger partial charge on any atom is 0.0702 e. The fourth-order valence-electron chi connectivity index (χ4n) is 2.63. The Kier molecular flexibility index (Phi) is 3.66. The minimum absolute atomic E-state index is 0.451. The van der Waals surface area contributed by atoms with Gasteiger partial charge in [0, 0.05) is 31.0 Å². The normalized spacial score (nSPS) is 25.5. The number of aryl methyl sites for hydroxylation is 1. The van der Waals surface area contributed by atoms with Gasteiger partial charge in [0.05, 0.1) is 12.3 Å². The molecule has 1 N–H and O–H groups in total. The number of nitrogens with zero attached hydrogens (tertiary/aromatic N) is 2.